The van der Waals surface area contributed by atoms with E-state index in [9.17, 15) is 4.57 Å². The van der Waals surface area contributed by atoms with Crippen LogP contribution in [0.15, 0.2) is 90.1 Å². The fourth-order valence-electron chi connectivity index (χ4n) is 2.65. The molecule has 0 heterocycles. The van der Waals surface area contributed by atoms with Gasteiger partial charge in [0, 0.05) is 21.5 Å². The molecule has 3 rings (SSSR count). The van der Waals surface area contributed by atoms with Crippen molar-refractivity contribution >= 4 is 29.3 Å². The van der Waals surface area contributed by atoms with E-state index in [0.717, 1.165) is 10.6 Å². The predicted molar refractivity (Wildman–Crippen MR) is 95.2 cm³/mol. The number of oxime groups is 1. The summed E-state index contributed by atoms with van der Waals surface area (Å²) < 4.78 is 14.2. The minimum atomic E-state index is -3.05. The molecular formula is C19H16NO2P. The Morgan fingerprint density at radius 3 is 1.74 bits per heavy atom. The first kappa shape index (κ1) is 15.3. The highest BCUT2D eigenvalue weighted by Gasteiger charge is 2.31. The van der Waals surface area contributed by atoms with Crippen LogP contribution in [-0.2, 0) is 4.57 Å². The molecule has 0 radical (unpaired) electrons. The number of rotatable bonds is 4. The summed E-state index contributed by atoms with van der Waals surface area (Å²) >= 11 is 0. The summed E-state index contributed by atoms with van der Waals surface area (Å²) in [5, 5.41) is 14.2. The van der Waals surface area contributed by atoms with Crippen LogP contribution in [0.1, 0.15) is 5.56 Å². The van der Waals surface area contributed by atoms with Crippen molar-refractivity contribution in [2.75, 3.05) is 0 Å². The van der Waals surface area contributed by atoms with Gasteiger partial charge in [0.1, 0.15) is 0 Å². The Morgan fingerprint density at radius 1 is 0.739 bits per heavy atom. The molecule has 0 atom stereocenters. The first-order chi connectivity index (χ1) is 11.3. The molecule has 1 N–H and O–H groups in total. The van der Waals surface area contributed by atoms with E-state index in [1.165, 1.54) is 6.21 Å². The van der Waals surface area contributed by atoms with Gasteiger partial charge in [0.2, 0.25) is 0 Å². The molecule has 114 valence electrons. The van der Waals surface area contributed by atoms with Crippen LogP contribution in [0.25, 0.3) is 0 Å². The summed E-state index contributed by atoms with van der Waals surface area (Å²) in [6.07, 6.45) is 1.33. The molecular weight excluding hydrogens is 305 g/mol. The summed E-state index contributed by atoms with van der Waals surface area (Å²) in [4.78, 5) is 0. The van der Waals surface area contributed by atoms with E-state index in [1.54, 1.807) is 6.07 Å². The lowest BCUT2D eigenvalue weighted by Gasteiger charge is -2.21. The van der Waals surface area contributed by atoms with Gasteiger partial charge in [-0.1, -0.05) is 90.1 Å². The number of hydrogen-bond donors (Lipinski definition) is 1. The van der Waals surface area contributed by atoms with Gasteiger partial charge in [0.15, 0.2) is 7.14 Å². The van der Waals surface area contributed by atoms with Crippen molar-refractivity contribution in [1.82, 2.24) is 0 Å². The Bertz CT molecular complexity index is 817. The van der Waals surface area contributed by atoms with Gasteiger partial charge in [0.05, 0.1) is 6.21 Å². The Labute approximate surface area is 135 Å². The van der Waals surface area contributed by atoms with E-state index in [-0.39, 0.29) is 0 Å². The lowest BCUT2D eigenvalue weighted by molar-refractivity contribution is 0.322. The molecule has 0 aliphatic carbocycles. The van der Waals surface area contributed by atoms with Crippen LogP contribution in [-0.4, -0.2) is 11.4 Å². The van der Waals surface area contributed by atoms with E-state index >= 15 is 0 Å². The average molecular weight is 321 g/mol. The molecule has 0 amide bonds. The quantitative estimate of drug-likeness (QED) is 0.347. The Morgan fingerprint density at radius 2 is 1.22 bits per heavy atom. The molecule has 0 aliphatic heterocycles. The predicted octanol–water partition coefficient (Wildman–Crippen LogP) is 3.13. The van der Waals surface area contributed by atoms with Crippen molar-refractivity contribution in [1.29, 1.82) is 0 Å². The maximum atomic E-state index is 14.2. The van der Waals surface area contributed by atoms with Crippen LogP contribution in [0.4, 0.5) is 0 Å². The van der Waals surface area contributed by atoms with Crippen LogP contribution in [0.5, 0.6) is 0 Å². The minimum Gasteiger partial charge on any atom is -0.411 e. The summed E-state index contributed by atoms with van der Waals surface area (Å²) in [5.74, 6) is 0. The smallest absolute Gasteiger partial charge is 0.171 e. The monoisotopic (exact) mass is 321 g/mol. The molecule has 0 fully saturated rings. The third-order valence-corrected chi connectivity index (χ3v) is 6.85. The number of benzene rings is 3. The van der Waals surface area contributed by atoms with Crippen LogP contribution in [0.3, 0.4) is 0 Å². The SMILES string of the molecule is O=P(c1ccccc1)(c1ccccc1)c1ccccc1/C=N\O. The van der Waals surface area contributed by atoms with Gasteiger partial charge in [-0.3, -0.25) is 0 Å². The van der Waals surface area contributed by atoms with Crippen LogP contribution < -0.4 is 15.9 Å². The van der Waals surface area contributed by atoms with Crippen molar-refractivity contribution in [3.8, 4) is 0 Å². The van der Waals surface area contributed by atoms with Crippen LogP contribution in [0.2, 0.25) is 0 Å². The summed E-state index contributed by atoms with van der Waals surface area (Å²) in [6, 6.07) is 26.2. The molecule has 0 bridgehead atoms. The lowest BCUT2D eigenvalue weighted by Crippen LogP contribution is -2.27. The standard InChI is InChI=1S/C19H16NO2P/c21-20-15-16-9-7-8-14-19(16)23(22,17-10-3-1-4-11-17)18-12-5-2-6-13-18/h1-15,21H/b20-15-. The van der Waals surface area contributed by atoms with E-state index in [0.29, 0.717) is 10.9 Å². The van der Waals surface area contributed by atoms with Gasteiger partial charge in [-0.25, -0.2) is 0 Å². The Kier molecular flexibility index (Phi) is 4.40. The van der Waals surface area contributed by atoms with Crippen molar-refractivity contribution in [2.24, 2.45) is 5.16 Å². The normalized spacial score (nSPS) is 11.7. The third kappa shape index (κ3) is 2.84. The third-order valence-electron chi connectivity index (χ3n) is 3.71. The molecule has 4 heteroatoms. The van der Waals surface area contributed by atoms with Gasteiger partial charge < -0.3 is 9.77 Å². The summed E-state index contributed by atoms with van der Waals surface area (Å²) in [5.41, 5.74) is 0.644. The highest BCUT2D eigenvalue weighted by Crippen LogP contribution is 2.42. The highest BCUT2D eigenvalue weighted by molar-refractivity contribution is 7.85. The van der Waals surface area contributed by atoms with E-state index in [2.05, 4.69) is 5.16 Å². The van der Waals surface area contributed by atoms with E-state index in [1.807, 2.05) is 78.9 Å². The van der Waals surface area contributed by atoms with Gasteiger partial charge in [-0.15, -0.1) is 0 Å². The van der Waals surface area contributed by atoms with Gasteiger partial charge in [0.25, 0.3) is 0 Å². The largest absolute Gasteiger partial charge is 0.411 e. The number of hydrogen-bond acceptors (Lipinski definition) is 3. The first-order valence-corrected chi connectivity index (χ1v) is 8.96. The minimum absolute atomic E-state index is 0.644. The fourth-order valence-corrected chi connectivity index (χ4v) is 5.48. The molecule has 23 heavy (non-hydrogen) atoms. The zero-order valence-corrected chi connectivity index (χ0v) is 13.3. The molecule has 0 aromatic heterocycles. The second-order valence-corrected chi connectivity index (χ2v) is 7.82. The molecule has 0 spiro atoms. The first-order valence-electron chi connectivity index (χ1n) is 7.25. The maximum Gasteiger partial charge on any atom is 0.171 e. The Hall–Kier alpha value is -2.64. The fraction of sp³-hybridized carbons (Fsp3) is 0. The van der Waals surface area contributed by atoms with Gasteiger partial charge >= 0.3 is 0 Å². The second kappa shape index (κ2) is 6.64. The van der Waals surface area contributed by atoms with Gasteiger partial charge in [-0.2, -0.15) is 0 Å². The lowest BCUT2D eigenvalue weighted by atomic mass is 10.2. The zero-order chi connectivity index (χ0) is 16.1. The molecule has 0 saturated carbocycles. The molecule has 3 aromatic rings. The highest BCUT2D eigenvalue weighted by atomic mass is 31.2. The van der Waals surface area contributed by atoms with Crippen LogP contribution >= 0.6 is 7.14 Å². The maximum absolute atomic E-state index is 14.2. The van der Waals surface area contributed by atoms with Crippen molar-refractivity contribution < 1.29 is 9.77 Å². The van der Waals surface area contributed by atoms with E-state index in [4.69, 9.17) is 5.21 Å². The number of nitrogens with zero attached hydrogens (tertiary/aromatic N) is 1. The molecule has 0 aliphatic rings. The Balaban J connectivity index is 2.33. The average Bonchev–Trinajstić information content (AvgIpc) is 2.63. The van der Waals surface area contributed by atoms with E-state index < -0.39 is 7.14 Å². The molecule has 3 aromatic carbocycles. The molecule has 0 saturated heterocycles. The summed E-state index contributed by atoms with van der Waals surface area (Å²) in [7, 11) is -3.05. The van der Waals surface area contributed by atoms with Crippen molar-refractivity contribution in [3.63, 3.8) is 0 Å². The van der Waals surface area contributed by atoms with Crippen molar-refractivity contribution in [3.05, 3.63) is 90.5 Å². The molecule has 0 unspecified atom stereocenters. The zero-order valence-electron chi connectivity index (χ0n) is 12.4. The second-order valence-electron chi connectivity index (χ2n) is 5.08. The van der Waals surface area contributed by atoms with Crippen molar-refractivity contribution in [2.45, 2.75) is 0 Å². The topological polar surface area (TPSA) is 49.7 Å². The van der Waals surface area contributed by atoms with Gasteiger partial charge in [-0.05, 0) is 0 Å². The van der Waals surface area contributed by atoms with Crippen LogP contribution in [0, 0.1) is 0 Å². The molecule has 3 nitrogen and oxygen atoms in total. The summed E-state index contributed by atoms with van der Waals surface area (Å²) in [6.45, 7) is 0.